The number of piperidine rings is 1. The number of hydrogen-bond donors (Lipinski definition) is 2. The number of β-amino-alcohol motifs (C(OH)–C–C–N with tert-alkyl or cyclic N) is 1. The molecule has 3 heteroatoms. The summed E-state index contributed by atoms with van der Waals surface area (Å²) in [5.74, 6) is 0.322. The molecule has 1 aliphatic rings. The quantitative estimate of drug-likeness (QED) is 0.742. The van der Waals surface area contributed by atoms with E-state index in [1.807, 2.05) is 18.2 Å². The Hall–Kier alpha value is -0.570. The smallest absolute Gasteiger partial charge is 0.0733 e. The molecule has 0 aliphatic carbocycles. The SMILES string of the molecule is Cl.O[C@@H]1CNCC[C@@H]1c1ccccc1. The highest BCUT2D eigenvalue weighted by molar-refractivity contribution is 5.85. The first-order valence-electron chi connectivity index (χ1n) is 4.81. The van der Waals surface area contributed by atoms with Crippen molar-refractivity contribution in [3.63, 3.8) is 0 Å². The van der Waals surface area contributed by atoms with Crippen molar-refractivity contribution in [3.8, 4) is 0 Å². The van der Waals surface area contributed by atoms with Crippen molar-refractivity contribution in [3.05, 3.63) is 35.9 Å². The number of rotatable bonds is 1. The zero-order chi connectivity index (χ0) is 9.10. The van der Waals surface area contributed by atoms with Gasteiger partial charge in [-0.05, 0) is 18.5 Å². The molecule has 0 spiro atoms. The Morgan fingerprint density at radius 2 is 1.93 bits per heavy atom. The fourth-order valence-corrected chi connectivity index (χ4v) is 1.93. The molecule has 0 bridgehead atoms. The van der Waals surface area contributed by atoms with Gasteiger partial charge < -0.3 is 10.4 Å². The molecule has 14 heavy (non-hydrogen) atoms. The summed E-state index contributed by atoms with van der Waals surface area (Å²) >= 11 is 0. The Morgan fingerprint density at radius 1 is 1.21 bits per heavy atom. The topological polar surface area (TPSA) is 32.3 Å². The lowest BCUT2D eigenvalue weighted by Crippen LogP contribution is -2.39. The molecule has 1 aromatic carbocycles. The molecule has 0 saturated carbocycles. The van der Waals surface area contributed by atoms with Crippen LogP contribution in [0.4, 0.5) is 0 Å². The van der Waals surface area contributed by atoms with Gasteiger partial charge in [-0.25, -0.2) is 0 Å². The molecular weight excluding hydrogens is 198 g/mol. The summed E-state index contributed by atoms with van der Waals surface area (Å²) in [5.41, 5.74) is 1.26. The minimum absolute atomic E-state index is 0. The summed E-state index contributed by atoms with van der Waals surface area (Å²) in [7, 11) is 0. The van der Waals surface area contributed by atoms with Crippen LogP contribution < -0.4 is 5.32 Å². The van der Waals surface area contributed by atoms with E-state index < -0.39 is 0 Å². The predicted octanol–water partition coefficient (Wildman–Crippen LogP) is 1.55. The van der Waals surface area contributed by atoms with Crippen molar-refractivity contribution < 1.29 is 5.11 Å². The van der Waals surface area contributed by atoms with E-state index in [-0.39, 0.29) is 18.5 Å². The molecular formula is C11H16ClNO. The molecule has 2 N–H and O–H groups in total. The van der Waals surface area contributed by atoms with Crippen molar-refractivity contribution >= 4 is 12.4 Å². The lowest BCUT2D eigenvalue weighted by molar-refractivity contribution is 0.118. The highest BCUT2D eigenvalue weighted by atomic mass is 35.5. The van der Waals surface area contributed by atoms with Crippen LogP contribution in [0.1, 0.15) is 17.9 Å². The van der Waals surface area contributed by atoms with Crippen molar-refractivity contribution in [2.75, 3.05) is 13.1 Å². The number of hydrogen-bond acceptors (Lipinski definition) is 2. The first-order chi connectivity index (χ1) is 6.38. The van der Waals surface area contributed by atoms with Crippen LogP contribution in [0, 0.1) is 0 Å². The standard InChI is InChI=1S/C11H15NO.ClH/c13-11-8-12-7-6-10(11)9-4-2-1-3-5-9;/h1-5,10-13H,6-8H2;1H/t10-,11-;/m1./s1. The molecule has 1 fully saturated rings. The maximum atomic E-state index is 9.76. The largest absolute Gasteiger partial charge is 0.391 e. The molecule has 2 nitrogen and oxygen atoms in total. The second-order valence-electron chi connectivity index (χ2n) is 3.58. The van der Waals surface area contributed by atoms with Gasteiger partial charge in [0.15, 0.2) is 0 Å². The van der Waals surface area contributed by atoms with Gasteiger partial charge in [-0.1, -0.05) is 30.3 Å². The van der Waals surface area contributed by atoms with Crippen LogP contribution in [0.15, 0.2) is 30.3 Å². The van der Waals surface area contributed by atoms with Crippen molar-refractivity contribution in [2.45, 2.75) is 18.4 Å². The normalized spacial score (nSPS) is 26.6. The van der Waals surface area contributed by atoms with E-state index in [4.69, 9.17) is 0 Å². The van der Waals surface area contributed by atoms with Crippen LogP contribution in [0.5, 0.6) is 0 Å². The molecule has 1 aromatic rings. The number of aliphatic hydroxyl groups is 1. The van der Waals surface area contributed by atoms with Crippen LogP contribution >= 0.6 is 12.4 Å². The second-order valence-corrected chi connectivity index (χ2v) is 3.58. The fraction of sp³-hybridized carbons (Fsp3) is 0.455. The lowest BCUT2D eigenvalue weighted by atomic mass is 9.88. The van der Waals surface area contributed by atoms with Gasteiger partial charge in [-0.3, -0.25) is 0 Å². The minimum Gasteiger partial charge on any atom is -0.391 e. The summed E-state index contributed by atoms with van der Waals surface area (Å²) in [6, 6.07) is 10.3. The van der Waals surface area contributed by atoms with Crippen molar-refractivity contribution in [1.29, 1.82) is 0 Å². The van der Waals surface area contributed by atoms with E-state index in [0.717, 1.165) is 19.5 Å². The molecule has 0 aromatic heterocycles. The number of halogens is 1. The summed E-state index contributed by atoms with van der Waals surface area (Å²) in [6.07, 6.45) is 0.807. The highest BCUT2D eigenvalue weighted by Gasteiger charge is 2.23. The zero-order valence-corrected chi connectivity index (χ0v) is 8.83. The molecule has 1 aliphatic heterocycles. The molecule has 1 saturated heterocycles. The van der Waals surface area contributed by atoms with E-state index >= 15 is 0 Å². The van der Waals surface area contributed by atoms with Gasteiger partial charge in [0.2, 0.25) is 0 Å². The zero-order valence-electron chi connectivity index (χ0n) is 8.02. The molecule has 1 heterocycles. The van der Waals surface area contributed by atoms with Gasteiger partial charge in [0.05, 0.1) is 6.10 Å². The monoisotopic (exact) mass is 213 g/mol. The number of nitrogens with one attached hydrogen (secondary N) is 1. The minimum atomic E-state index is -0.226. The Labute approximate surface area is 90.7 Å². The van der Waals surface area contributed by atoms with Crippen LogP contribution in [0.25, 0.3) is 0 Å². The molecule has 2 rings (SSSR count). The van der Waals surface area contributed by atoms with Gasteiger partial charge in [0.1, 0.15) is 0 Å². The Bertz CT molecular complexity index is 265. The molecule has 0 unspecified atom stereocenters. The summed E-state index contributed by atoms with van der Waals surface area (Å²) in [4.78, 5) is 0. The lowest BCUT2D eigenvalue weighted by Gasteiger charge is -2.28. The fourth-order valence-electron chi connectivity index (χ4n) is 1.93. The van der Waals surface area contributed by atoms with Gasteiger partial charge in [-0.15, -0.1) is 12.4 Å². The van der Waals surface area contributed by atoms with E-state index in [2.05, 4.69) is 17.4 Å². The van der Waals surface area contributed by atoms with Crippen LogP contribution in [0.2, 0.25) is 0 Å². The van der Waals surface area contributed by atoms with E-state index in [1.54, 1.807) is 0 Å². The predicted molar refractivity (Wildman–Crippen MR) is 59.9 cm³/mol. The van der Waals surface area contributed by atoms with Crippen molar-refractivity contribution in [2.24, 2.45) is 0 Å². The summed E-state index contributed by atoms with van der Waals surface area (Å²) < 4.78 is 0. The first kappa shape index (κ1) is 11.5. The van der Waals surface area contributed by atoms with E-state index in [1.165, 1.54) is 5.56 Å². The molecule has 0 radical (unpaired) electrons. The molecule has 0 amide bonds. The third kappa shape index (κ3) is 2.47. The third-order valence-electron chi connectivity index (χ3n) is 2.68. The summed E-state index contributed by atoms with van der Waals surface area (Å²) in [5, 5.41) is 12.9. The number of aliphatic hydroxyl groups excluding tert-OH is 1. The second kappa shape index (κ2) is 5.35. The average Bonchev–Trinajstić information content (AvgIpc) is 2.20. The highest BCUT2D eigenvalue weighted by Crippen LogP contribution is 2.24. The number of benzene rings is 1. The van der Waals surface area contributed by atoms with Crippen molar-refractivity contribution in [1.82, 2.24) is 5.32 Å². The van der Waals surface area contributed by atoms with Crippen LogP contribution in [0.3, 0.4) is 0 Å². The van der Waals surface area contributed by atoms with Gasteiger partial charge >= 0.3 is 0 Å². The first-order valence-corrected chi connectivity index (χ1v) is 4.81. The van der Waals surface area contributed by atoms with Gasteiger partial charge in [-0.2, -0.15) is 0 Å². The Morgan fingerprint density at radius 3 is 2.57 bits per heavy atom. The van der Waals surface area contributed by atoms with Gasteiger partial charge in [0, 0.05) is 12.5 Å². The summed E-state index contributed by atoms with van der Waals surface area (Å²) in [6.45, 7) is 1.73. The molecule has 78 valence electrons. The Balaban J connectivity index is 0.000000980. The third-order valence-corrected chi connectivity index (χ3v) is 2.68. The average molecular weight is 214 g/mol. The van der Waals surface area contributed by atoms with E-state index in [9.17, 15) is 5.11 Å². The maximum Gasteiger partial charge on any atom is 0.0733 e. The molecule has 2 atom stereocenters. The Kier molecular flexibility index (Phi) is 4.39. The maximum absolute atomic E-state index is 9.76. The van der Waals surface area contributed by atoms with Crippen LogP contribution in [-0.4, -0.2) is 24.3 Å². The van der Waals surface area contributed by atoms with Crippen LogP contribution in [-0.2, 0) is 0 Å². The van der Waals surface area contributed by atoms with E-state index in [0.29, 0.717) is 5.92 Å². The van der Waals surface area contributed by atoms with Gasteiger partial charge in [0.25, 0.3) is 0 Å².